The number of rotatable bonds is 5. The summed E-state index contributed by atoms with van der Waals surface area (Å²) in [6.45, 7) is 3.13. The molecule has 1 aliphatic heterocycles. The van der Waals surface area contributed by atoms with E-state index >= 15 is 0 Å². The minimum absolute atomic E-state index is 0.0259. The number of hydrogen-bond donors (Lipinski definition) is 1. The van der Waals surface area contributed by atoms with Crippen LogP contribution in [0.2, 0.25) is 0 Å². The molecule has 1 amide bonds. The number of esters is 1. The molecule has 1 N–H and O–H groups in total. The lowest BCUT2D eigenvalue weighted by Gasteiger charge is -2.34. The van der Waals surface area contributed by atoms with E-state index in [2.05, 4.69) is 5.32 Å². The highest BCUT2D eigenvalue weighted by molar-refractivity contribution is 5.97. The zero-order chi connectivity index (χ0) is 21.0. The van der Waals surface area contributed by atoms with E-state index in [0.29, 0.717) is 37.2 Å². The van der Waals surface area contributed by atoms with Crippen LogP contribution < -0.4 is 10.2 Å². The lowest BCUT2D eigenvalue weighted by molar-refractivity contribution is -0.384. The Bertz CT molecular complexity index is 936. The molecule has 2 aromatic rings. The molecule has 0 bridgehead atoms. The molecular weight excluding hydrogens is 374 g/mol. The van der Waals surface area contributed by atoms with Crippen LogP contribution in [0.1, 0.15) is 39.1 Å². The van der Waals surface area contributed by atoms with Gasteiger partial charge in [0.05, 0.1) is 23.3 Å². The number of carbonyl (C=O) groups is 2. The molecule has 29 heavy (non-hydrogen) atoms. The first-order chi connectivity index (χ1) is 13.9. The van der Waals surface area contributed by atoms with Gasteiger partial charge in [-0.2, -0.15) is 0 Å². The van der Waals surface area contributed by atoms with Gasteiger partial charge in [-0.1, -0.05) is 18.2 Å². The minimum atomic E-state index is -0.612. The molecule has 0 unspecified atom stereocenters. The van der Waals surface area contributed by atoms with Crippen LogP contribution in [0, 0.1) is 17.0 Å². The fraction of sp³-hybridized carbons (Fsp3) is 0.333. The number of amides is 1. The van der Waals surface area contributed by atoms with E-state index in [0.717, 1.165) is 5.56 Å². The highest BCUT2D eigenvalue weighted by Crippen LogP contribution is 2.28. The summed E-state index contributed by atoms with van der Waals surface area (Å²) in [5.74, 6) is -0.703. The summed E-state index contributed by atoms with van der Waals surface area (Å²) in [7, 11) is 1.25. The van der Waals surface area contributed by atoms with E-state index in [1.165, 1.54) is 19.2 Å². The number of anilines is 1. The summed E-state index contributed by atoms with van der Waals surface area (Å²) in [5, 5.41) is 14.1. The third kappa shape index (κ3) is 4.53. The Balaban J connectivity index is 1.69. The third-order valence-corrected chi connectivity index (χ3v) is 5.16. The topological polar surface area (TPSA) is 102 Å². The molecule has 1 heterocycles. The molecule has 8 heteroatoms. The molecule has 1 saturated heterocycles. The number of benzene rings is 2. The van der Waals surface area contributed by atoms with Crippen LogP contribution in [-0.2, 0) is 4.74 Å². The van der Waals surface area contributed by atoms with Gasteiger partial charge in [0.15, 0.2) is 0 Å². The van der Waals surface area contributed by atoms with Gasteiger partial charge in [0.25, 0.3) is 11.6 Å². The Morgan fingerprint density at radius 1 is 1.14 bits per heavy atom. The van der Waals surface area contributed by atoms with Crippen molar-refractivity contribution in [2.24, 2.45) is 0 Å². The lowest BCUT2D eigenvalue weighted by Crippen LogP contribution is -2.45. The molecule has 1 fully saturated rings. The van der Waals surface area contributed by atoms with Gasteiger partial charge in [-0.3, -0.25) is 14.9 Å². The van der Waals surface area contributed by atoms with Gasteiger partial charge in [-0.05, 0) is 37.5 Å². The fourth-order valence-electron chi connectivity index (χ4n) is 3.54. The van der Waals surface area contributed by atoms with Crippen molar-refractivity contribution in [3.8, 4) is 0 Å². The number of piperidine rings is 1. The van der Waals surface area contributed by atoms with E-state index < -0.39 is 10.9 Å². The predicted octanol–water partition coefficient (Wildman–Crippen LogP) is 3.09. The molecule has 2 aromatic carbocycles. The number of non-ortho nitro benzene ring substituents is 1. The normalized spacial score (nSPS) is 14.3. The number of nitrogens with one attached hydrogen (secondary N) is 1. The Kier molecular flexibility index (Phi) is 6.11. The Morgan fingerprint density at radius 3 is 2.45 bits per heavy atom. The molecular formula is C21H23N3O5. The molecule has 0 aromatic heterocycles. The maximum atomic E-state index is 12.5. The number of carbonyl (C=O) groups excluding carboxylic acids is 2. The maximum Gasteiger partial charge on any atom is 0.340 e. The predicted molar refractivity (Wildman–Crippen MR) is 108 cm³/mol. The second-order valence-electron chi connectivity index (χ2n) is 7.00. The van der Waals surface area contributed by atoms with Gasteiger partial charge in [0.1, 0.15) is 0 Å². The number of nitro benzene ring substituents is 1. The molecule has 0 spiro atoms. The van der Waals surface area contributed by atoms with Crippen LogP contribution in [0.25, 0.3) is 0 Å². The summed E-state index contributed by atoms with van der Waals surface area (Å²) < 4.78 is 4.79. The number of aryl methyl sites for hydroxylation is 1. The van der Waals surface area contributed by atoms with Crippen molar-refractivity contribution in [3.05, 3.63) is 69.3 Å². The number of nitrogens with zero attached hydrogens (tertiary/aromatic N) is 2. The molecule has 0 aliphatic carbocycles. The average Bonchev–Trinajstić information content (AvgIpc) is 2.73. The molecule has 0 atom stereocenters. The van der Waals surface area contributed by atoms with E-state index in [1.807, 2.05) is 30.0 Å². The summed E-state index contributed by atoms with van der Waals surface area (Å²) in [6, 6.07) is 11.7. The van der Waals surface area contributed by atoms with Crippen LogP contribution in [0.4, 0.5) is 11.4 Å². The van der Waals surface area contributed by atoms with Gasteiger partial charge in [0, 0.05) is 36.8 Å². The van der Waals surface area contributed by atoms with Crippen molar-refractivity contribution < 1.29 is 19.2 Å². The first kappa shape index (κ1) is 20.3. The smallest absolute Gasteiger partial charge is 0.340 e. The van der Waals surface area contributed by atoms with E-state index in [1.54, 1.807) is 12.1 Å². The van der Waals surface area contributed by atoms with E-state index in [9.17, 15) is 19.7 Å². The van der Waals surface area contributed by atoms with Crippen molar-refractivity contribution in [2.45, 2.75) is 25.8 Å². The van der Waals surface area contributed by atoms with Gasteiger partial charge >= 0.3 is 5.97 Å². The van der Waals surface area contributed by atoms with E-state index in [-0.39, 0.29) is 23.2 Å². The second-order valence-corrected chi connectivity index (χ2v) is 7.00. The zero-order valence-corrected chi connectivity index (χ0v) is 16.4. The van der Waals surface area contributed by atoms with Gasteiger partial charge in [-0.15, -0.1) is 0 Å². The summed E-state index contributed by atoms with van der Waals surface area (Å²) in [5.41, 5.74) is 2.21. The highest BCUT2D eigenvalue weighted by atomic mass is 16.6. The summed E-state index contributed by atoms with van der Waals surface area (Å²) in [6.07, 6.45) is 1.41. The highest BCUT2D eigenvalue weighted by Gasteiger charge is 2.26. The summed E-state index contributed by atoms with van der Waals surface area (Å²) in [4.78, 5) is 37.1. The molecule has 152 valence electrons. The summed E-state index contributed by atoms with van der Waals surface area (Å²) >= 11 is 0. The van der Waals surface area contributed by atoms with Crippen molar-refractivity contribution in [3.63, 3.8) is 0 Å². The number of nitro groups is 1. The number of ether oxygens (including phenoxy) is 1. The minimum Gasteiger partial charge on any atom is -0.465 e. The SMILES string of the molecule is COC(=O)c1cc([N+](=O)[O-])ccc1N1CCC(NC(=O)c2ccccc2C)CC1. The van der Waals surface area contributed by atoms with Crippen molar-refractivity contribution in [2.75, 3.05) is 25.1 Å². The quantitative estimate of drug-likeness (QED) is 0.473. The zero-order valence-electron chi connectivity index (χ0n) is 16.4. The number of hydrogen-bond acceptors (Lipinski definition) is 6. The van der Waals surface area contributed by atoms with Crippen molar-refractivity contribution in [1.29, 1.82) is 0 Å². The number of methoxy groups -OCH3 is 1. The Hall–Kier alpha value is -3.42. The standard InChI is InChI=1S/C21H23N3O5/c1-14-5-3-4-6-17(14)20(25)22-15-9-11-23(12-10-15)19-8-7-16(24(27)28)13-18(19)21(26)29-2/h3-8,13,15H,9-12H2,1-2H3,(H,22,25). The molecule has 0 radical (unpaired) electrons. The van der Waals surface area contributed by atoms with Gasteiger partial charge < -0.3 is 15.0 Å². The van der Waals surface area contributed by atoms with Gasteiger partial charge in [-0.25, -0.2) is 4.79 Å². The van der Waals surface area contributed by atoms with Crippen molar-refractivity contribution >= 4 is 23.3 Å². The van der Waals surface area contributed by atoms with Crippen molar-refractivity contribution in [1.82, 2.24) is 5.32 Å². The first-order valence-corrected chi connectivity index (χ1v) is 9.39. The fourth-order valence-corrected chi connectivity index (χ4v) is 3.54. The van der Waals surface area contributed by atoms with Crippen LogP contribution in [-0.4, -0.2) is 43.0 Å². The largest absolute Gasteiger partial charge is 0.465 e. The molecule has 3 rings (SSSR count). The third-order valence-electron chi connectivity index (χ3n) is 5.16. The van der Waals surface area contributed by atoms with E-state index in [4.69, 9.17) is 4.74 Å². The first-order valence-electron chi connectivity index (χ1n) is 9.39. The van der Waals surface area contributed by atoms with Crippen LogP contribution in [0.3, 0.4) is 0 Å². The molecule has 1 aliphatic rings. The van der Waals surface area contributed by atoms with Gasteiger partial charge in [0.2, 0.25) is 0 Å². The Labute approximate surface area is 168 Å². The van der Waals surface area contributed by atoms with Crippen LogP contribution >= 0.6 is 0 Å². The van der Waals surface area contributed by atoms with Crippen LogP contribution in [0.15, 0.2) is 42.5 Å². The second kappa shape index (κ2) is 8.72. The molecule has 8 nitrogen and oxygen atoms in total. The lowest BCUT2D eigenvalue weighted by atomic mass is 10.0. The Morgan fingerprint density at radius 2 is 1.83 bits per heavy atom. The maximum absolute atomic E-state index is 12.5. The average molecular weight is 397 g/mol. The monoisotopic (exact) mass is 397 g/mol. The van der Waals surface area contributed by atoms with Crippen LogP contribution in [0.5, 0.6) is 0 Å². The molecule has 0 saturated carbocycles.